The number of aromatic amines is 1. The first kappa shape index (κ1) is 22.5. The lowest BCUT2D eigenvalue weighted by Gasteiger charge is -2.24. The number of aromatic nitrogens is 2. The van der Waals surface area contributed by atoms with E-state index in [2.05, 4.69) is 25.8 Å². The van der Waals surface area contributed by atoms with E-state index in [9.17, 15) is 18.0 Å². The summed E-state index contributed by atoms with van der Waals surface area (Å²) in [5.74, 6) is 0.0102. The summed E-state index contributed by atoms with van der Waals surface area (Å²) in [5.41, 5.74) is 0.842. The van der Waals surface area contributed by atoms with Gasteiger partial charge in [-0.25, -0.2) is 0 Å². The largest absolute Gasteiger partial charge is 0.416 e. The Morgan fingerprint density at radius 3 is 2.42 bits per heavy atom. The minimum atomic E-state index is -4.47. The van der Waals surface area contributed by atoms with Crippen molar-refractivity contribution in [1.82, 2.24) is 15.5 Å². The molecule has 0 radical (unpaired) electrons. The van der Waals surface area contributed by atoms with E-state index in [1.165, 1.54) is 0 Å². The van der Waals surface area contributed by atoms with Gasteiger partial charge in [-0.15, -0.1) is 0 Å². The fourth-order valence-corrected chi connectivity index (χ4v) is 3.37. The van der Waals surface area contributed by atoms with Crippen molar-refractivity contribution in [3.8, 4) is 11.3 Å². The van der Waals surface area contributed by atoms with Crippen LogP contribution in [0.4, 0.5) is 19.0 Å². The number of carbonyl (C=O) groups excluding carboxylic acids is 1. The summed E-state index contributed by atoms with van der Waals surface area (Å²) in [6.07, 6.45) is -3.01. The average Bonchev–Trinajstić information content (AvgIpc) is 3.28. The molecule has 0 bridgehead atoms. The highest BCUT2D eigenvalue weighted by Gasteiger charge is 2.30. The molecule has 4 rings (SSSR count). The number of H-pyrrole nitrogens is 1. The van der Waals surface area contributed by atoms with E-state index >= 15 is 0 Å². The predicted octanol–water partition coefficient (Wildman–Crippen LogP) is 4.47. The second-order valence-corrected chi connectivity index (χ2v) is 7.53. The number of nitrogens with zero attached hydrogens (tertiary/aromatic N) is 2. The maximum absolute atomic E-state index is 12.8. The summed E-state index contributed by atoms with van der Waals surface area (Å²) >= 11 is 0. The SMILES string of the molecule is O=C(/N=C(\Nc1cc(-c2ccccc2)n[nH]1)NC1CCOCC1)c1ccc(C(F)(F)F)cc1. The Labute approximate surface area is 188 Å². The molecule has 3 N–H and O–H groups in total. The zero-order valence-electron chi connectivity index (χ0n) is 17.5. The van der Waals surface area contributed by atoms with E-state index in [0.717, 1.165) is 42.7 Å². The van der Waals surface area contributed by atoms with Gasteiger partial charge >= 0.3 is 6.18 Å². The summed E-state index contributed by atoms with van der Waals surface area (Å²) in [7, 11) is 0. The molecule has 2 aromatic carbocycles. The van der Waals surface area contributed by atoms with Crippen LogP contribution >= 0.6 is 0 Å². The van der Waals surface area contributed by atoms with Gasteiger partial charge in [-0.1, -0.05) is 30.3 Å². The van der Waals surface area contributed by atoms with Gasteiger partial charge in [0, 0.05) is 36.4 Å². The van der Waals surface area contributed by atoms with Crippen LogP contribution in [0.15, 0.2) is 65.7 Å². The van der Waals surface area contributed by atoms with Crippen LogP contribution in [0.2, 0.25) is 0 Å². The molecular formula is C23H22F3N5O2. The number of halogens is 3. The minimum Gasteiger partial charge on any atom is -0.381 e. The third-order valence-electron chi connectivity index (χ3n) is 5.14. The maximum Gasteiger partial charge on any atom is 0.416 e. The summed E-state index contributed by atoms with van der Waals surface area (Å²) in [6, 6.07) is 15.3. The van der Waals surface area contributed by atoms with Gasteiger partial charge in [0.1, 0.15) is 5.82 Å². The van der Waals surface area contributed by atoms with Crippen LogP contribution in [-0.2, 0) is 10.9 Å². The topological polar surface area (TPSA) is 91.4 Å². The number of anilines is 1. The Morgan fingerprint density at radius 1 is 1.06 bits per heavy atom. The number of guanidine groups is 1. The fraction of sp³-hybridized carbons (Fsp3) is 0.261. The number of carbonyl (C=O) groups is 1. The van der Waals surface area contributed by atoms with Crippen molar-refractivity contribution in [2.75, 3.05) is 18.5 Å². The van der Waals surface area contributed by atoms with Crippen LogP contribution in [0.25, 0.3) is 11.3 Å². The third-order valence-corrected chi connectivity index (χ3v) is 5.14. The highest BCUT2D eigenvalue weighted by molar-refractivity contribution is 6.06. The van der Waals surface area contributed by atoms with E-state index in [1.807, 2.05) is 30.3 Å². The second-order valence-electron chi connectivity index (χ2n) is 7.53. The zero-order valence-corrected chi connectivity index (χ0v) is 17.5. The van der Waals surface area contributed by atoms with Gasteiger partial charge in [0.2, 0.25) is 5.96 Å². The fourth-order valence-electron chi connectivity index (χ4n) is 3.37. The Kier molecular flexibility index (Phi) is 6.74. The van der Waals surface area contributed by atoms with Crippen LogP contribution in [0.1, 0.15) is 28.8 Å². The van der Waals surface area contributed by atoms with Gasteiger partial charge in [0.05, 0.1) is 11.3 Å². The number of hydrogen-bond donors (Lipinski definition) is 3. The van der Waals surface area contributed by atoms with Crippen molar-refractivity contribution in [3.05, 3.63) is 71.8 Å². The zero-order chi connectivity index (χ0) is 23.3. The molecule has 7 nitrogen and oxygen atoms in total. The van der Waals surface area contributed by atoms with E-state index in [1.54, 1.807) is 6.07 Å². The second kappa shape index (κ2) is 9.86. The number of aliphatic imine (C=N–C) groups is 1. The molecule has 1 aliphatic rings. The molecule has 0 atom stereocenters. The summed E-state index contributed by atoms with van der Waals surface area (Å²) in [6.45, 7) is 1.17. The molecule has 1 saturated heterocycles. The van der Waals surface area contributed by atoms with Gasteiger partial charge in [-0.05, 0) is 37.1 Å². The lowest BCUT2D eigenvalue weighted by Crippen LogP contribution is -2.42. The van der Waals surface area contributed by atoms with E-state index in [-0.39, 0.29) is 17.6 Å². The van der Waals surface area contributed by atoms with E-state index in [0.29, 0.717) is 24.7 Å². The number of amides is 1. The molecule has 1 fully saturated rings. The Balaban J connectivity index is 1.54. The Hall–Kier alpha value is -3.66. The van der Waals surface area contributed by atoms with Crippen molar-refractivity contribution >= 4 is 17.7 Å². The maximum atomic E-state index is 12.8. The van der Waals surface area contributed by atoms with Crippen LogP contribution in [0, 0.1) is 0 Å². The number of nitrogens with one attached hydrogen (secondary N) is 3. The molecule has 0 unspecified atom stereocenters. The normalized spacial score (nSPS) is 15.3. The molecule has 33 heavy (non-hydrogen) atoms. The number of hydrogen-bond acceptors (Lipinski definition) is 3. The van der Waals surface area contributed by atoms with Crippen LogP contribution in [0.3, 0.4) is 0 Å². The third kappa shape index (κ3) is 5.98. The first-order valence-electron chi connectivity index (χ1n) is 10.4. The molecule has 3 aromatic rings. The number of alkyl halides is 3. The van der Waals surface area contributed by atoms with Crippen LogP contribution in [0.5, 0.6) is 0 Å². The quantitative estimate of drug-likeness (QED) is 0.397. The summed E-state index contributed by atoms with van der Waals surface area (Å²) < 4.78 is 43.8. The molecule has 10 heteroatoms. The molecule has 0 spiro atoms. The van der Waals surface area contributed by atoms with Gasteiger partial charge in [0.25, 0.3) is 5.91 Å². The number of ether oxygens (including phenoxy) is 1. The van der Waals surface area contributed by atoms with Crippen molar-refractivity contribution in [1.29, 1.82) is 0 Å². The molecule has 0 saturated carbocycles. The standard InChI is InChI=1S/C23H22F3N5O2/c24-23(25,26)17-8-6-16(7-9-17)21(32)29-22(27-18-10-12-33-13-11-18)28-20-14-19(30-31-20)15-4-2-1-3-5-15/h1-9,14,18H,10-13H2,(H3,27,28,29,30,31,32). The first-order chi connectivity index (χ1) is 15.9. The van der Waals surface area contributed by atoms with E-state index < -0.39 is 17.6 Å². The molecule has 0 aliphatic carbocycles. The molecular weight excluding hydrogens is 435 g/mol. The predicted molar refractivity (Wildman–Crippen MR) is 118 cm³/mol. The molecule has 1 amide bonds. The van der Waals surface area contributed by atoms with Crippen molar-refractivity contribution in [2.24, 2.45) is 4.99 Å². The van der Waals surface area contributed by atoms with Gasteiger partial charge in [-0.3, -0.25) is 9.89 Å². The highest BCUT2D eigenvalue weighted by Crippen LogP contribution is 2.29. The minimum absolute atomic E-state index is 0.0296. The molecule has 1 aliphatic heterocycles. The van der Waals surface area contributed by atoms with Gasteiger partial charge in [-0.2, -0.15) is 23.3 Å². The Morgan fingerprint density at radius 2 is 1.76 bits per heavy atom. The molecule has 2 heterocycles. The van der Waals surface area contributed by atoms with Gasteiger partial charge < -0.3 is 15.4 Å². The molecule has 1 aromatic heterocycles. The number of rotatable bonds is 4. The number of benzene rings is 2. The Bertz CT molecular complexity index is 1110. The lowest BCUT2D eigenvalue weighted by molar-refractivity contribution is -0.137. The van der Waals surface area contributed by atoms with Gasteiger partial charge in [0.15, 0.2) is 0 Å². The molecule has 172 valence electrons. The monoisotopic (exact) mass is 457 g/mol. The average molecular weight is 457 g/mol. The van der Waals surface area contributed by atoms with Crippen molar-refractivity contribution in [3.63, 3.8) is 0 Å². The van der Waals surface area contributed by atoms with Crippen LogP contribution in [-0.4, -0.2) is 41.3 Å². The highest BCUT2D eigenvalue weighted by atomic mass is 19.4. The summed E-state index contributed by atoms with van der Waals surface area (Å²) in [4.78, 5) is 16.8. The van der Waals surface area contributed by atoms with E-state index in [4.69, 9.17) is 4.74 Å². The smallest absolute Gasteiger partial charge is 0.381 e. The van der Waals surface area contributed by atoms with Crippen LogP contribution < -0.4 is 10.6 Å². The van der Waals surface area contributed by atoms with Crippen molar-refractivity contribution < 1.29 is 22.7 Å². The lowest BCUT2D eigenvalue weighted by atomic mass is 10.1. The van der Waals surface area contributed by atoms with Crippen molar-refractivity contribution in [2.45, 2.75) is 25.1 Å². The summed E-state index contributed by atoms with van der Waals surface area (Å²) in [5, 5.41) is 13.4. The first-order valence-corrected chi connectivity index (χ1v) is 10.4.